The van der Waals surface area contributed by atoms with Gasteiger partial charge < -0.3 is 10.1 Å². The fourth-order valence-electron chi connectivity index (χ4n) is 2.79. The maximum absolute atomic E-state index is 12.5. The molecule has 0 aliphatic carbocycles. The molecule has 2 aromatic carbocycles. The number of para-hydroxylation sites is 1. The van der Waals surface area contributed by atoms with Crippen LogP contribution in [0.2, 0.25) is 5.02 Å². The first-order valence-electron chi connectivity index (χ1n) is 6.51. The number of hydrogen-bond donors (Lipinski definition) is 1. The van der Waals surface area contributed by atoms with Crippen molar-refractivity contribution in [2.75, 3.05) is 5.32 Å². The minimum Gasteiger partial charge on any atom is -0.342 e. The molecular weight excluding hydrogens is 290 g/mol. The number of amides is 1. The van der Waals surface area contributed by atoms with Gasteiger partial charge in [-0.1, -0.05) is 29.8 Å². The molecule has 2 heterocycles. The quantitative estimate of drug-likeness (QED) is 0.685. The average molecular weight is 300 g/mol. The highest BCUT2D eigenvalue weighted by molar-refractivity contribution is 6.30. The van der Waals surface area contributed by atoms with Gasteiger partial charge in [0.2, 0.25) is 5.60 Å². The molecule has 0 radical (unpaired) electrons. The maximum Gasteiger partial charge on any atom is 0.264 e. The zero-order chi connectivity index (χ0) is 14.6. The van der Waals surface area contributed by atoms with Crippen LogP contribution in [0, 0.1) is 0 Å². The first kappa shape index (κ1) is 12.6. The fourth-order valence-corrected chi connectivity index (χ4v) is 2.91. The summed E-state index contributed by atoms with van der Waals surface area (Å²) in [5.74, 6) is -0.491. The summed E-state index contributed by atoms with van der Waals surface area (Å²) in [4.78, 5) is 24.7. The van der Waals surface area contributed by atoms with Crippen LogP contribution in [-0.2, 0) is 15.1 Å². The van der Waals surface area contributed by atoms with Crippen LogP contribution in [0.25, 0.3) is 0 Å². The monoisotopic (exact) mass is 299 g/mol. The van der Waals surface area contributed by atoms with E-state index in [2.05, 4.69) is 5.32 Å². The lowest BCUT2D eigenvalue weighted by Gasteiger charge is -2.02. The molecule has 0 aromatic heterocycles. The summed E-state index contributed by atoms with van der Waals surface area (Å²) in [6, 6.07) is 13.8. The van der Waals surface area contributed by atoms with E-state index in [9.17, 15) is 9.59 Å². The van der Waals surface area contributed by atoms with E-state index in [0.717, 1.165) is 5.56 Å². The molecule has 1 fully saturated rings. The third-order valence-corrected chi connectivity index (χ3v) is 4.15. The molecule has 2 atom stereocenters. The van der Waals surface area contributed by atoms with Crippen molar-refractivity contribution in [2.24, 2.45) is 0 Å². The Bertz CT molecular complexity index is 771. The first-order chi connectivity index (χ1) is 10.1. The van der Waals surface area contributed by atoms with Gasteiger partial charge in [-0.05, 0) is 30.3 Å². The Morgan fingerprint density at radius 2 is 1.86 bits per heavy atom. The molecule has 104 valence electrons. The molecule has 4 nitrogen and oxygen atoms in total. The number of nitrogens with one attached hydrogen (secondary N) is 1. The van der Waals surface area contributed by atoms with Crippen molar-refractivity contribution in [1.29, 1.82) is 0 Å². The maximum atomic E-state index is 12.5. The molecule has 0 unspecified atom stereocenters. The zero-order valence-corrected chi connectivity index (χ0v) is 11.6. The van der Waals surface area contributed by atoms with E-state index in [0.29, 0.717) is 16.3 Å². The third kappa shape index (κ3) is 1.66. The van der Waals surface area contributed by atoms with Crippen LogP contribution in [0.4, 0.5) is 5.69 Å². The molecule has 1 amide bonds. The number of ether oxygens (including phenoxy) is 1. The molecular formula is C16H10ClNO3. The molecule has 2 aromatic rings. The van der Waals surface area contributed by atoms with Gasteiger partial charge in [-0.15, -0.1) is 0 Å². The Hall–Kier alpha value is -2.17. The van der Waals surface area contributed by atoms with Crippen LogP contribution >= 0.6 is 11.6 Å². The average Bonchev–Trinajstić information content (AvgIpc) is 3.18. The van der Waals surface area contributed by atoms with E-state index in [1.54, 1.807) is 30.3 Å². The first-order valence-corrected chi connectivity index (χ1v) is 6.89. The number of Topliss-reactive ketones (excluding diaryl/α,β-unsaturated/α-hetero) is 1. The summed E-state index contributed by atoms with van der Waals surface area (Å²) >= 11 is 5.82. The Kier molecular flexibility index (Phi) is 2.49. The van der Waals surface area contributed by atoms with Crippen molar-refractivity contribution < 1.29 is 14.3 Å². The SMILES string of the molecule is O=C(c1ccc(Cl)cc1)[C@H]1O[C@]12C(=O)Nc1ccccc12. The predicted molar refractivity (Wildman–Crippen MR) is 77.4 cm³/mol. The van der Waals surface area contributed by atoms with Gasteiger partial charge in [0.05, 0.1) is 0 Å². The van der Waals surface area contributed by atoms with E-state index in [1.807, 2.05) is 18.2 Å². The molecule has 1 saturated heterocycles. The molecule has 21 heavy (non-hydrogen) atoms. The molecule has 5 heteroatoms. The van der Waals surface area contributed by atoms with Crippen molar-refractivity contribution >= 4 is 29.0 Å². The Balaban J connectivity index is 1.70. The fraction of sp³-hybridized carbons (Fsp3) is 0.125. The highest BCUT2D eigenvalue weighted by atomic mass is 35.5. The molecule has 1 N–H and O–H groups in total. The normalized spacial score (nSPS) is 25.6. The predicted octanol–water partition coefficient (Wildman–Crippen LogP) is 2.77. The largest absolute Gasteiger partial charge is 0.342 e. The van der Waals surface area contributed by atoms with Gasteiger partial charge in [-0.3, -0.25) is 9.59 Å². The summed E-state index contributed by atoms with van der Waals surface area (Å²) < 4.78 is 5.56. The van der Waals surface area contributed by atoms with Crippen LogP contribution in [0.5, 0.6) is 0 Å². The molecule has 2 aliphatic rings. The summed E-state index contributed by atoms with van der Waals surface area (Å²) in [6.45, 7) is 0. The summed E-state index contributed by atoms with van der Waals surface area (Å²) in [7, 11) is 0. The van der Waals surface area contributed by atoms with E-state index >= 15 is 0 Å². The number of epoxide rings is 1. The number of anilines is 1. The summed E-state index contributed by atoms with van der Waals surface area (Å²) in [6.07, 6.45) is -0.776. The number of rotatable bonds is 2. The minimum atomic E-state index is -1.16. The smallest absolute Gasteiger partial charge is 0.264 e. The van der Waals surface area contributed by atoms with Gasteiger partial charge in [0.15, 0.2) is 11.9 Å². The molecule has 0 saturated carbocycles. The Morgan fingerprint density at radius 3 is 2.62 bits per heavy atom. The zero-order valence-electron chi connectivity index (χ0n) is 10.8. The number of halogens is 1. The van der Waals surface area contributed by atoms with Crippen molar-refractivity contribution in [2.45, 2.75) is 11.7 Å². The number of carbonyl (C=O) groups is 2. The number of ketones is 1. The van der Waals surface area contributed by atoms with Crippen molar-refractivity contribution in [3.05, 3.63) is 64.7 Å². The van der Waals surface area contributed by atoms with Crippen molar-refractivity contribution in [3.8, 4) is 0 Å². The van der Waals surface area contributed by atoms with Gasteiger partial charge >= 0.3 is 0 Å². The Labute approximate surface area is 125 Å². The lowest BCUT2D eigenvalue weighted by Crippen LogP contribution is -2.27. The second kappa shape index (κ2) is 4.16. The molecule has 4 rings (SSSR count). The van der Waals surface area contributed by atoms with Gasteiger partial charge in [0.25, 0.3) is 5.91 Å². The van der Waals surface area contributed by atoms with Gasteiger partial charge in [0.1, 0.15) is 0 Å². The van der Waals surface area contributed by atoms with Crippen LogP contribution in [-0.4, -0.2) is 17.8 Å². The molecule has 0 bridgehead atoms. The van der Waals surface area contributed by atoms with Crippen molar-refractivity contribution in [1.82, 2.24) is 0 Å². The highest BCUT2D eigenvalue weighted by Crippen LogP contribution is 2.54. The van der Waals surface area contributed by atoms with Gasteiger partial charge in [-0.25, -0.2) is 0 Å². The second-order valence-electron chi connectivity index (χ2n) is 5.10. The lowest BCUT2D eigenvalue weighted by molar-refractivity contribution is -0.120. The minimum absolute atomic E-state index is 0.210. The van der Waals surface area contributed by atoms with Crippen LogP contribution < -0.4 is 5.32 Å². The van der Waals surface area contributed by atoms with E-state index in [4.69, 9.17) is 16.3 Å². The highest BCUT2D eigenvalue weighted by Gasteiger charge is 2.70. The summed E-state index contributed by atoms with van der Waals surface area (Å²) in [5.41, 5.74) is 0.752. The number of carbonyl (C=O) groups excluding carboxylic acids is 2. The topological polar surface area (TPSA) is 58.7 Å². The Morgan fingerprint density at radius 1 is 1.14 bits per heavy atom. The van der Waals surface area contributed by atoms with Crippen LogP contribution in [0.1, 0.15) is 15.9 Å². The second-order valence-corrected chi connectivity index (χ2v) is 5.54. The number of hydrogen-bond acceptors (Lipinski definition) is 3. The molecule has 1 spiro atoms. The third-order valence-electron chi connectivity index (χ3n) is 3.90. The van der Waals surface area contributed by atoms with E-state index in [-0.39, 0.29) is 11.7 Å². The van der Waals surface area contributed by atoms with Gasteiger partial charge in [0, 0.05) is 21.8 Å². The van der Waals surface area contributed by atoms with E-state index < -0.39 is 11.7 Å². The van der Waals surface area contributed by atoms with Crippen molar-refractivity contribution in [3.63, 3.8) is 0 Å². The standard InChI is InChI=1S/C16H10ClNO3/c17-10-7-5-9(6-8-10)13(19)14-16(21-14)11-3-1-2-4-12(11)18-15(16)20/h1-8,14H,(H,18,20)/t14-,16+/m1/s1. The lowest BCUT2D eigenvalue weighted by atomic mass is 9.92. The van der Waals surface area contributed by atoms with Gasteiger partial charge in [-0.2, -0.15) is 0 Å². The number of fused-ring (bicyclic) bond motifs is 2. The molecule has 2 aliphatic heterocycles. The van der Waals surface area contributed by atoms with E-state index in [1.165, 1.54) is 0 Å². The number of benzene rings is 2. The summed E-state index contributed by atoms with van der Waals surface area (Å²) in [5, 5.41) is 3.32. The van der Waals surface area contributed by atoms with Crippen LogP contribution in [0.3, 0.4) is 0 Å². The van der Waals surface area contributed by atoms with Crippen LogP contribution in [0.15, 0.2) is 48.5 Å².